The molecule has 1 heterocycles. The molecule has 5 heteroatoms. The maximum absolute atomic E-state index is 13.0. The van der Waals surface area contributed by atoms with Gasteiger partial charge in [0.25, 0.3) is 0 Å². The number of hydrogen-bond donors (Lipinski definition) is 0. The number of carbonyl (C=O) groups is 1. The zero-order valence-corrected chi connectivity index (χ0v) is 9.76. The van der Waals surface area contributed by atoms with E-state index in [1.807, 2.05) is 0 Å². The van der Waals surface area contributed by atoms with E-state index in [1.165, 1.54) is 24.5 Å². The molecular weight excluding hydrogens is 235 g/mol. The zero-order valence-electron chi connectivity index (χ0n) is 9.76. The highest BCUT2D eigenvalue weighted by molar-refractivity contribution is 5.88. The fraction of sp³-hybridized carbons (Fsp3) is 0.154. The highest BCUT2D eigenvalue weighted by atomic mass is 19.1. The zero-order chi connectivity index (χ0) is 13.0. The second-order valence-electron chi connectivity index (χ2n) is 3.53. The highest BCUT2D eigenvalue weighted by Gasteiger charge is 2.08. The van der Waals surface area contributed by atoms with E-state index in [1.54, 1.807) is 19.1 Å². The molecular formula is C13H11FN2O2. The van der Waals surface area contributed by atoms with Crippen LogP contribution in [0.25, 0.3) is 11.4 Å². The first-order valence-electron chi connectivity index (χ1n) is 5.46. The Hall–Kier alpha value is -2.30. The van der Waals surface area contributed by atoms with Crippen molar-refractivity contribution in [2.24, 2.45) is 0 Å². The minimum atomic E-state index is -0.469. The van der Waals surface area contributed by atoms with Crippen molar-refractivity contribution in [3.05, 3.63) is 48.0 Å². The fourth-order valence-corrected chi connectivity index (χ4v) is 1.42. The van der Waals surface area contributed by atoms with Crippen LogP contribution in [-0.2, 0) is 4.74 Å². The Bertz CT molecular complexity index is 555. The van der Waals surface area contributed by atoms with Crippen molar-refractivity contribution in [3.8, 4) is 11.4 Å². The summed E-state index contributed by atoms with van der Waals surface area (Å²) in [6.45, 7) is 2.02. The molecule has 0 aliphatic carbocycles. The van der Waals surface area contributed by atoms with Gasteiger partial charge in [-0.05, 0) is 19.1 Å². The van der Waals surface area contributed by atoms with Crippen molar-refractivity contribution in [2.75, 3.05) is 6.61 Å². The smallest absolute Gasteiger partial charge is 0.341 e. The molecule has 1 aromatic heterocycles. The number of ether oxygens (including phenoxy) is 1. The lowest BCUT2D eigenvalue weighted by atomic mass is 10.2. The molecule has 0 unspecified atom stereocenters. The van der Waals surface area contributed by atoms with Crippen LogP contribution in [0.4, 0.5) is 4.39 Å². The minimum Gasteiger partial charge on any atom is -0.462 e. The van der Waals surface area contributed by atoms with E-state index >= 15 is 0 Å². The van der Waals surface area contributed by atoms with E-state index in [0.29, 0.717) is 18.0 Å². The Morgan fingerprint density at radius 1 is 1.33 bits per heavy atom. The van der Waals surface area contributed by atoms with Gasteiger partial charge in [0.05, 0.1) is 12.2 Å². The van der Waals surface area contributed by atoms with Crippen LogP contribution in [0, 0.1) is 5.82 Å². The van der Waals surface area contributed by atoms with Gasteiger partial charge in [-0.15, -0.1) is 0 Å². The average molecular weight is 246 g/mol. The molecule has 18 heavy (non-hydrogen) atoms. The highest BCUT2D eigenvalue weighted by Crippen LogP contribution is 2.15. The van der Waals surface area contributed by atoms with Gasteiger partial charge in [0, 0.05) is 18.0 Å². The first kappa shape index (κ1) is 12.2. The van der Waals surface area contributed by atoms with Crippen LogP contribution in [0.1, 0.15) is 17.3 Å². The van der Waals surface area contributed by atoms with Crippen LogP contribution in [0.5, 0.6) is 0 Å². The summed E-state index contributed by atoms with van der Waals surface area (Å²) in [5.41, 5.74) is 0.836. The van der Waals surface area contributed by atoms with Gasteiger partial charge >= 0.3 is 5.97 Å². The number of nitrogens with zero attached hydrogens (tertiary/aromatic N) is 2. The van der Waals surface area contributed by atoms with Crippen LogP contribution < -0.4 is 0 Å². The number of rotatable bonds is 3. The molecule has 0 atom stereocenters. The number of halogens is 1. The molecule has 0 bridgehead atoms. The molecule has 0 fully saturated rings. The molecule has 4 nitrogen and oxygen atoms in total. The van der Waals surface area contributed by atoms with Gasteiger partial charge in [-0.1, -0.05) is 12.1 Å². The largest absolute Gasteiger partial charge is 0.462 e. The fourth-order valence-electron chi connectivity index (χ4n) is 1.42. The first-order chi connectivity index (χ1) is 8.70. The van der Waals surface area contributed by atoms with Gasteiger partial charge in [0.15, 0.2) is 5.82 Å². The third kappa shape index (κ3) is 2.68. The summed E-state index contributed by atoms with van der Waals surface area (Å²) in [5.74, 6) is -0.462. The SMILES string of the molecule is CCOC(=O)c1cnc(-c2cccc(F)c2)nc1. The van der Waals surface area contributed by atoms with E-state index in [2.05, 4.69) is 9.97 Å². The molecule has 0 N–H and O–H groups in total. The number of benzene rings is 1. The Labute approximate surface area is 103 Å². The van der Waals surface area contributed by atoms with Crippen LogP contribution in [-0.4, -0.2) is 22.5 Å². The maximum Gasteiger partial charge on any atom is 0.341 e. The second kappa shape index (κ2) is 5.35. The van der Waals surface area contributed by atoms with Crippen LogP contribution in [0.2, 0.25) is 0 Å². The number of esters is 1. The van der Waals surface area contributed by atoms with E-state index in [4.69, 9.17) is 4.74 Å². The summed E-state index contributed by atoms with van der Waals surface area (Å²) in [6, 6.07) is 5.95. The van der Waals surface area contributed by atoms with E-state index < -0.39 is 5.97 Å². The molecule has 2 aromatic rings. The summed E-state index contributed by atoms with van der Waals surface area (Å²) in [6.07, 6.45) is 2.73. The molecule has 2 rings (SSSR count). The van der Waals surface area contributed by atoms with Crippen molar-refractivity contribution in [2.45, 2.75) is 6.92 Å². The minimum absolute atomic E-state index is 0.275. The maximum atomic E-state index is 13.0. The summed E-state index contributed by atoms with van der Waals surface area (Å²) >= 11 is 0. The van der Waals surface area contributed by atoms with Gasteiger partial charge in [0.1, 0.15) is 5.82 Å². The summed E-state index contributed by atoms with van der Waals surface area (Å²) in [5, 5.41) is 0. The van der Waals surface area contributed by atoms with Crippen LogP contribution >= 0.6 is 0 Å². The van der Waals surface area contributed by atoms with Gasteiger partial charge in [-0.3, -0.25) is 0 Å². The standard InChI is InChI=1S/C13H11FN2O2/c1-2-18-13(17)10-7-15-12(16-8-10)9-4-3-5-11(14)6-9/h3-8H,2H2,1H3. The lowest BCUT2D eigenvalue weighted by Crippen LogP contribution is -2.06. The van der Waals surface area contributed by atoms with E-state index in [9.17, 15) is 9.18 Å². The van der Waals surface area contributed by atoms with Crippen molar-refractivity contribution in [1.29, 1.82) is 0 Å². The third-order valence-corrected chi connectivity index (χ3v) is 2.25. The Kier molecular flexibility index (Phi) is 3.62. The molecule has 0 aliphatic rings. The molecule has 0 spiro atoms. The Morgan fingerprint density at radius 2 is 2.06 bits per heavy atom. The first-order valence-corrected chi connectivity index (χ1v) is 5.46. The molecule has 0 radical (unpaired) electrons. The van der Waals surface area contributed by atoms with Crippen LogP contribution in [0.15, 0.2) is 36.7 Å². The van der Waals surface area contributed by atoms with Crippen LogP contribution in [0.3, 0.4) is 0 Å². The van der Waals surface area contributed by atoms with Gasteiger partial charge in [-0.25, -0.2) is 19.2 Å². The van der Waals surface area contributed by atoms with Crippen molar-refractivity contribution in [3.63, 3.8) is 0 Å². The number of aromatic nitrogens is 2. The monoisotopic (exact) mass is 246 g/mol. The van der Waals surface area contributed by atoms with E-state index in [0.717, 1.165) is 0 Å². The average Bonchev–Trinajstić information content (AvgIpc) is 2.39. The quantitative estimate of drug-likeness (QED) is 0.780. The molecule has 92 valence electrons. The summed E-state index contributed by atoms with van der Waals surface area (Å²) in [7, 11) is 0. The molecule has 0 saturated carbocycles. The predicted octanol–water partition coefficient (Wildman–Crippen LogP) is 2.46. The molecule has 0 saturated heterocycles. The lowest BCUT2D eigenvalue weighted by Gasteiger charge is -2.02. The van der Waals surface area contributed by atoms with Crippen molar-refractivity contribution in [1.82, 2.24) is 9.97 Å². The third-order valence-electron chi connectivity index (χ3n) is 2.25. The van der Waals surface area contributed by atoms with Gasteiger partial charge < -0.3 is 4.74 Å². The molecule has 0 amide bonds. The number of carbonyl (C=O) groups excluding carboxylic acids is 1. The Balaban J connectivity index is 2.25. The molecule has 0 aliphatic heterocycles. The topological polar surface area (TPSA) is 52.1 Å². The predicted molar refractivity (Wildman–Crippen MR) is 63.4 cm³/mol. The second-order valence-corrected chi connectivity index (χ2v) is 3.53. The summed E-state index contributed by atoms with van der Waals surface area (Å²) in [4.78, 5) is 19.4. The van der Waals surface area contributed by atoms with Crippen molar-refractivity contribution >= 4 is 5.97 Å². The number of hydrogen-bond acceptors (Lipinski definition) is 4. The lowest BCUT2D eigenvalue weighted by molar-refractivity contribution is 0.0525. The van der Waals surface area contributed by atoms with Crippen molar-refractivity contribution < 1.29 is 13.9 Å². The normalized spacial score (nSPS) is 10.1. The summed E-state index contributed by atoms with van der Waals surface area (Å²) < 4.78 is 17.8. The molecule has 1 aromatic carbocycles. The van der Waals surface area contributed by atoms with Gasteiger partial charge in [0.2, 0.25) is 0 Å². The van der Waals surface area contributed by atoms with Gasteiger partial charge in [-0.2, -0.15) is 0 Å². The van der Waals surface area contributed by atoms with E-state index in [-0.39, 0.29) is 11.4 Å². The Morgan fingerprint density at radius 3 is 2.67 bits per heavy atom.